The van der Waals surface area contributed by atoms with Gasteiger partial charge in [-0.05, 0) is 0 Å². The molecular formula is C8H12N6O. The standard InChI is InChI=1S/C8H12N6O/c1-13(2)14-6-5(12-8(14)9)7(15-3)11-4-10-6/h4H,1-3H3,(H2,9,12). The molecule has 0 amide bonds. The first-order valence-corrected chi connectivity index (χ1v) is 4.35. The normalized spacial score (nSPS) is 10.6. The zero-order chi connectivity index (χ0) is 11.0. The van der Waals surface area contributed by atoms with Crippen LogP contribution in [-0.4, -0.2) is 40.8 Å². The molecule has 2 N–H and O–H groups in total. The molecule has 0 bridgehead atoms. The zero-order valence-corrected chi connectivity index (χ0v) is 8.80. The smallest absolute Gasteiger partial charge is 0.245 e. The molecule has 2 rings (SSSR count). The van der Waals surface area contributed by atoms with Crippen LogP contribution in [0.5, 0.6) is 5.88 Å². The molecular weight excluding hydrogens is 196 g/mol. The number of methoxy groups -OCH3 is 1. The van der Waals surface area contributed by atoms with Crippen molar-refractivity contribution in [2.24, 2.45) is 0 Å². The Morgan fingerprint density at radius 2 is 2.13 bits per heavy atom. The molecule has 0 aliphatic rings. The molecule has 0 radical (unpaired) electrons. The molecule has 7 nitrogen and oxygen atoms in total. The minimum absolute atomic E-state index is 0.355. The van der Waals surface area contributed by atoms with Gasteiger partial charge in [-0.15, -0.1) is 0 Å². The van der Waals surface area contributed by atoms with Crippen molar-refractivity contribution in [3.63, 3.8) is 0 Å². The summed E-state index contributed by atoms with van der Waals surface area (Å²) in [5.74, 6) is 0.779. The fraction of sp³-hybridized carbons (Fsp3) is 0.375. The fourth-order valence-corrected chi connectivity index (χ4v) is 1.42. The molecule has 0 unspecified atom stereocenters. The Morgan fingerprint density at radius 1 is 1.40 bits per heavy atom. The van der Waals surface area contributed by atoms with Gasteiger partial charge in [-0.2, -0.15) is 4.98 Å². The van der Waals surface area contributed by atoms with Crippen LogP contribution in [0.25, 0.3) is 11.2 Å². The summed E-state index contributed by atoms with van der Waals surface area (Å²) in [7, 11) is 5.24. The van der Waals surface area contributed by atoms with Crippen LogP contribution in [0.4, 0.5) is 5.95 Å². The van der Waals surface area contributed by atoms with Gasteiger partial charge in [-0.3, -0.25) is 0 Å². The number of rotatable bonds is 2. The van der Waals surface area contributed by atoms with Gasteiger partial charge in [0.15, 0.2) is 11.2 Å². The van der Waals surface area contributed by atoms with Crippen LogP contribution in [0.2, 0.25) is 0 Å². The monoisotopic (exact) mass is 208 g/mol. The Kier molecular flexibility index (Phi) is 2.07. The third kappa shape index (κ3) is 1.32. The number of nitrogens with zero attached hydrogens (tertiary/aromatic N) is 5. The van der Waals surface area contributed by atoms with Gasteiger partial charge in [-0.1, -0.05) is 0 Å². The Morgan fingerprint density at radius 3 is 2.73 bits per heavy atom. The van der Waals surface area contributed by atoms with E-state index in [4.69, 9.17) is 10.5 Å². The summed E-state index contributed by atoms with van der Waals surface area (Å²) in [6.07, 6.45) is 1.42. The third-order valence-corrected chi connectivity index (χ3v) is 2.01. The summed E-state index contributed by atoms with van der Waals surface area (Å²) in [6, 6.07) is 0. The van der Waals surface area contributed by atoms with Gasteiger partial charge < -0.3 is 15.5 Å². The van der Waals surface area contributed by atoms with E-state index < -0.39 is 0 Å². The lowest BCUT2D eigenvalue weighted by Crippen LogP contribution is -2.26. The quantitative estimate of drug-likeness (QED) is 0.724. The molecule has 0 aliphatic heterocycles. The molecule has 80 valence electrons. The lowest BCUT2D eigenvalue weighted by atomic mass is 10.5. The van der Waals surface area contributed by atoms with E-state index in [1.165, 1.54) is 13.4 Å². The van der Waals surface area contributed by atoms with E-state index in [9.17, 15) is 0 Å². The number of hydrogen-bond acceptors (Lipinski definition) is 6. The average Bonchev–Trinajstić information content (AvgIpc) is 2.53. The summed E-state index contributed by atoms with van der Waals surface area (Å²) in [6.45, 7) is 0. The van der Waals surface area contributed by atoms with E-state index >= 15 is 0 Å². The molecule has 0 atom stereocenters. The van der Waals surface area contributed by atoms with Crippen molar-refractivity contribution in [2.75, 3.05) is 31.9 Å². The maximum atomic E-state index is 5.76. The molecule has 15 heavy (non-hydrogen) atoms. The average molecular weight is 208 g/mol. The first-order valence-electron chi connectivity index (χ1n) is 4.35. The number of fused-ring (bicyclic) bond motifs is 1. The van der Waals surface area contributed by atoms with Gasteiger partial charge >= 0.3 is 0 Å². The number of anilines is 1. The van der Waals surface area contributed by atoms with Crippen LogP contribution in [0.15, 0.2) is 6.33 Å². The molecule has 2 aromatic heterocycles. The predicted octanol–water partition coefficient (Wildman–Crippen LogP) is -0.385. The Labute approximate surface area is 86.5 Å². The summed E-state index contributed by atoms with van der Waals surface area (Å²) in [5, 5.41) is 1.79. The molecule has 7 heteroatoms. The van der Waals surface area contributed by atoms with Gasteiger partial charge in [0.1, 0.15) is 6.33 Å². The predicted molar refractivity (Wildman–Crippen MR) is 56.4 cm³/mol. The summed E-state index contributed by atoms with van der Waals surface area (Å²) < 4.78 is 6.75. The van der Waals surface area contributed by atoms with E-state index in [1.807, 2.05) is 14.1 Å². The van der Waals surface area contributed by atoms with E-state index in [1.54, 1.807) is 9.69 Å². The van der Waals surface area contributed by atoms with Crippen molar-refractivity contribution in [3.8, 4) is 5.88 Å². The van der Waals surface area contributed by atoms with Crippen LogP contribution >= 0.6 is 0 Å². The van der Waals surface area contributed by atoms with Crippen LogP contribution in [-0.2, 0) is 0 Å². The van der Waals surface area contributed by atoms with Gasteiger partial charge in [0.25, 0.3) is 0 Å². The maximum Gasteiger partial charge on any atom is 0.245 e. The summed E-state index contributed by atoms with van der Waals surface area (Å²) in [4.78, 5) is 12.2. The number of hydrogen-bond donors (Lipinski definition) is 1. The minimum atomic E-state index is 0.355. The van der Waals surface area contributed by atoms with Crippen molar-refractivity contribution in [3.05, 3.63) is 6.33 Å². The Balaban J connectivity index is 2.78. The third-order valence-electron chi connectivity index (χ3n) is 2.01. The molecule has 0 saturated heterocycles. The first kappa shape index (κ1) is 9.50. The minimum Gasteiger partial charge on any atom is -0.479 e. The number of nitrogen functional groups attached to an aromatic ring is 1. The Hall–Kier alpha value is -2.05. The molecule has 0 aliphatic carbocycles. The second-order valence-electron chi connectivity index (χ2n) is 3.18. The van der Waals surface area contributed by atoms with Gasteiger partial charge in [-0.25, -0.2) is 14.6 Å². The molecule has 0 aromatic carbocycles. The van der Waals surface area contributed by atoms with Crippen molar-refractivity contribution in [2.45, 2.75) is 0 Å². The Bertz CT molecular complexity index is 491. The van der Waals surface area contributed by atoms with E-state index in [0.29, 0.717) is 23.0 Å². The number of aromatic nitrogens is 4. The van der Waals surface area contributed by atoms with Crippen molar-refractivity contribution >= 4 is 17.1 Å². The van der Waals surface area contributed by atoms with Gasteiger partial charge in [0.2, 0.25) is 11.8 Å². The lowest BCUT2D eigenvalue weighted by Gasteiger charge is -2.14. The molecule has 2 heterocycles. The number of nitrogens with two attached hydrogens (primary N) is 1. The highest BCUT2D eigenvalue weighted by Gasteiger charge is 2.15. The highest BCUT2D eigenvalue weighted by molar-refractivity contribution is 5.79. The second-order valence-corrected chi connectivity index (χ2v) is 3.18. The van der Waals surface area contributed by atoms with Gasteiger partial charge in [0, 0.05) is 14.1 Å². The summed E-state index contributed by atoms with van der Waals surface area (Å²) in [5.41, 5.74) is 6.96. The topological polar surface area (TPSA) is 82.1 Å². The number of imidazole rings is 1. The SMILES string of the molecule is COc1ncnc2c1nc(N)n2N(C)C. The van der Waals surface area contributed by atoms with Crippen molar-refractivity contribution in [1.29, 1.82) is 0 Å². The van der Waals surface area contributed by atoms with Gasteiger partial charge in [0.05, 0.1) is 7.11 Å². The van der Waals surface area contributed by atoms with Crippen molar-refractivity contribution in [1.82, 2.24) is 19.6 Å². The van der Waals surface area contributed by atoms with Crippen LogP contribution in [0.1, 0.15) is 0 Å². The van der Waals surface area contributed by atoms with E-state index in [0.717, 1.165) is 0 Å². The zero-order valence-electron chi connectivity index (χ0n) is 8.80. The molecule has 0 spiro atoms. The maximum absolute atomic E-state index is 5.76. The highest BCUT2D eigenvalue weighted by Crippen LogP contribution is 2.21. The highest BCUT2D eigenvalue weighted by atomic mass is 16.5. The van der Waals surface area contributed by atoms with Crippen LogP contribution in [0.3, 0.4) is 0 Å². The van der Waals surface area contributed by atoms with Crippen LogP contribution in [0, 0.1) is 0 Å². The molecule has 2 aromatic rings. The van der Waals surface area contributed by atoms with E-state index in [2.05, 4.69) is 15.0 Å². The van der Waals surface area contributed by atoms with E-state index in [-0.39, 0.29) is 0 Å². The van der Waals surface area contributed by atoms with Crippen molar-refractivity contribution < 1.29 is 4.74 Å². The fourth-order valence-electron chi connectivity index (χ4n) is 1.42. The largest absolute Gasteiger partial charge is 0.479 e. The molecule has 0 saturated carbocycles. The second kappa shape index (κ2) is 3.26. The summed E-state index contributed by atoms with van der Waals surface area (Å²) >= 11 is 0. The molecule has 0 fully saturated rings. The lowest BCUT2D eigenvalue weighted by molar-refractivity contribution is 0.401. The number of ether oxygens (including phenoxy) is 1. The van der Waals surface area contributed by atoms with Crippen LogP contribution < -0.4 is 15.5 Å². The first-order chi connectivity index (χ1) is 7.15.